The Balaban J connectivity index is 0.000000615. The zero-order valence-electron chi connectivity index (χ0n) is 14.8. The molecule has 4 N–H and O–H groups in total. The molecule has 23 heavy (non-hydrogen) atoms. The van der Waals surface area contributed by atoms with Gasteiger partial charge in [-0.2, -0.15) is 0 Å². The third-order valence-corrected chi connectivity index (χ3v) is 3.51. The highest BCUT2D eigenvalue weighted by Crippen LogP contribution is 2.30. The van der Waals surface area contributed by atoms with Crippen molar-refractivity contribution in [1.82, 2.24) is 16.0 Å². The van der Waals surface area contributed by atoms with E-state index in [9.17, 15) is 0 Å². The van der Waals surface area contributed by atoms with Gasteiger partial charge in [-0.05, 0) is 30.3 Å². The van der Waals surface area contributed by atoms with Crippen LogP contribution in [-0.4, -0.2) is 30.8 Å². The van der Waals surface area contributed by atoms with E-state index >= 15 is 0 Å². The van der Waals surface area contributed by atoms with Crippen molar-refractivity contribution in [3.8, 4) is 0 Å². The molecule has 3 aliphatic rings. The average molecular weight is 317 g/mol. The molecule has 1 unspecified atom stereocenters. The molecule has 1 atom stereocenters. The zero-order valence-corrected chi connectivity index (χ0v) is 14.8. The molecule has 3 rings (SSSR count). The number of hydrogen-bond donors (Lipinski definition) is 4. The number of nitrogens with one attached hydrogen (secondary N) is 3. The van der Waals surface area contributed by atoms with Crippen LogP contribution in [0.1, 0.15) is 34.1 Å². The van der Waals surface area contributed by atoms with Crippen LogP contribution >= 0.6 is 0 Å². The van der Waals surface area contributed by atoms with Gasteiger partial charge in [0.25, 0.3) is 0 Å². The Bertz CT molecular complexity index is 513. The third kappa shape index (κ3) is 4.76. The van der Waals surface area contributed by atoms with E-state index in [0.717, 1.165) is 25.2 Å². The maximum absolute atomic E-state index is 8.89. The quantitative estimate of drug-likeness (QED) is 0.602. The molecular formula is C19H31N3O. The van der Waals surface area contributed by atoms with E-state index in [1.165, 1.54) is 16.8 Å². The highest BCUT2D eigenvalue weighted by atomic mass is 16.3. The SMILES string of the molecule is CC.CC.OCCCNC1=CC2=C(NCC=C2)C2NC=CC=C12. The fourth-order valence-electron chi connectivity index (χ4n) is 2.61. The molecule has 0 amide bonds. The van der Waals surface area contributed by atoms with Gasteiger partial charge in [0.2, 0.25) is 0 Å². The summed E-state index contributed by atoms with van der Waals surface area (Å²) in [6.07, 6.45) is 13.4. The van der Waals surface area contributed by atoms with E-state index in [4.69, 9.17) is 5.11 Å². The first kappa shape index (κ1) is 19.1. The van der Waals surface area contributed by atoms with E-state index in [-0.39, 0.29) is 12.6 Å². The lowest BCUT2D eigenvalue weighted by Gasteiger charge is -2.34. The van der Waals surface area contributed by atoms with Crippen LogP contribution in [0.5, 0.6) is 0 Å². The fraction of sp³-hybridized carbons (Fsp3) is 0.474. The molecule has 4 nitrogen and oxygen atoms in total. The van der Waals surface area contributed by atoms with Crippen LogP contribution in [-0.2, 0) is 0 Å². The first-order valence-corrected chi connectivity index (χ1v) is 8.74. The van der Waals surface area contributed by atoms with Gasteiger partial charge in [0.05, 0.1) is 6.04 Å². The number of allylic oxidation sites excluding steroid dienone is 5. The van der Waals surface area contributed by atoms with Crippen molar-refractivity contribution < 1.29 is 5.11 Å². The van der Waals surface area contributed by atoms with Gasteiger partial charge in [-0.3, -0.25) is 0 Å². The second-order valence-electron chi connectivity index (χ2n) is 4.80. The van der Waals surface area contributed by atoms with Gasteiger partial charge in [0.15, 0.2) is 0 Å². The predicted octanol–water partition coefficient (Wildman–Crippen LogP) is 2.73. The molecule has 2 aliphatic heterocycles. The third-order valence-electron chi connectivity index (χ3n) is 3.51. The van der Waals surface area contributed by atoms with Crippen molar-refractivity contribution >= 4 is 0 Å². The van der Waals surface area contributed by atoms with Crippen molar-refractivity contribution in [2.45, 2.75) is 40.2 Å². The molecule has 2 heterocycles. The number of hydrogen-bond acceptors (Lipinski definition) is 4. The standard InChI is InChI=1S/C15H19N3O.2C2H6/c19-9-3-8-16-13-10-11-4-1-6-17-14(11)15-12(13)5-2-7-18-15;2*1-2/h1-2,4-5,7,10,15-19H,3,6,8-9H2;2*1-2H3. The number of rotatable bonds is 4. The molecule has 1 aliphatic carbocycles. The Morgan fingerprint density at radius 2 is 2.04 bits per heavy atom. The molecule has 128 valence electrons. The van der Waals surface area contributed by atoms with Crippen molar-refractivity contribution in [1.29, 1.82) is 0 Å². The normalized spacial score (nSPS) is 20.1. The molecule has 0 aromatic heterocycles. The summed E-state index contributed by atoms with van der Waals surface area (Å²) in [4.78, 5) is 0. The molecule has 0 fully saturated rings. The number of aliphatic hydroxyl groups excluding tert-OH is 1. The first-order chi connectivity index (χ1) is 11.4. The Kier molecular flexibility index (Phi) is 8.91. The molecule has 0 bridgehead atoms. The Hall–Kier alpha value is -1.94. The zero-order chi connectivity index (χ0) is 17.1. The fourth-order valence-corrected chi connectivity index (χ4v) is 2.61. The highest BCUT2D eigenvalue weighted by Gasteiger charge is 2.28. The van der Waals surface area contributed by atoms with Crippen LogP contribution < -0.4 is 16.0 Å². The van der Waals surface area contributed by atoms with E-state index in [1.807, 2.05) is 40.0 Å². The molecule has 0 radical (unpaired) electrons. The molecule has 0 spiro atoms. The van der Waals surface area contributed by atoms with E-state index in [2.05, 4.69) is 40.3 Å². The van der Waals surface area contributed by atoms with Crippen LogP contribution in [0.4, 0.5) is 0 Å². The Labute approximate surface area is 140 Å². The van der Waals surface area contributed by atoms with Gasteiger partial charge in [-0.1, -0.05) is 45.9 Å². The highest BCUT2D eigenvalue weighted by molar-refractivity contribution is 5.57. The Morgan fingerprint density at radius 3 is 2.78 bits per heavy atom. The molecule has 0 aromatic carbocycles. The molecule has 4 heteroatoms. The lowest BCUT2D eigenvalue weighted by atomic mass is 9.88. The van der Waals surface area contributed by atoms with Gasteiger partial charge < -0.3 is 21.1 Å². The lowest BCUT2D eigenvalue weighted by Crippen LogP contribution is -2.42. The minimum atomic E-state index is 0.201. The largest absolute Gasteiger partial charge is 0.396 e. The summed E-state index contributed by atoms with van der Waals surface area (Å²) >= 11 is 0. The maximum Gasteiger partial charge on any atom is 0.0936 e. The molecular weight excluding hydrogens is 286 g/mol. The predicted molar refractivity (Wildman–Crippen MR) is 98.8 cm³/mol. The van der Waals surface area contributed by atoms with E-state index in [1.54, 1.807) is 0 Å². The summed E-state index contributed by atoms with van der Waals surface area (Å²) < 4.78 is 0. The van der Waals surface area contributed by atoms with Crippen LogP contribution in [0, 0.1) is 0 Å². The van der Waals surface area contributed by atoms with Gasteiger partial charge in [-0.15, -0.1) is 0 Å². The van der Waals surface area contributed by atoms with Gasteiger partial charge in [-0.25, -0.2) is 0 Å². The van der Waals surface area contributed by atoms with Crippen LogP contribution in [0.25, 0.3) is 0 Å². The summed E-state index contributed by atoms with van der Waals surface area (Å²) in [7, 11) is 0. The second-order valence-corrected chi connectivity index (χ2v) is 4.80. The summed E-state index contributed by atoms with van der Waals surface area (Å²) in [5.74, 6) is 0. The maximum atomic E-state index is 8.89. The smallest absolute Gasteiger partial charge is 0.0936 e. The number of fused-ring (bicyclic) bond motifs is 2. The van der Waals surface area contributed by atoms with Gasteiger partial charge in [0.1, 0.15) is 0 Å². The summed E-state index contributed by atoms with van der Waals surface area (Å²) in [5, 5.41) is 19.2. The van der Waals surface area contributed by atoms with Gasteiger partial charge in [0, 0.05) is 36.7 Å². The number of dihydropyridines is 2. The van der Waals surface area contributed by atoms with Crippen LogP contribution in [0.2, 0.25) is 0 Å². The van der Waals surface area contributed by atoms with Crippen molar-refractivity contribution in [3.63, 3.8) is 0 Å². The van der Waals surface area contributed by atoms with Crippen molar-refractivity contribution in [3.05, 3.63) is 59.1 Å². The summed E-state index contributed by atoms with van der Waals surface area (Å²) in [5.41, 5.74) is 4.86. The van der Waals surface area contributed by atoms with Gasteiger partial charge >= 0.3 is 0 Å². The molecule has 0 saturated carbocycles. The minimum absolute atomic E-state index is 0.201. The lowest BCUT2D eigenvalue weighted by molar-refractivity contribution is 0.288. The molecule has 0 aromatic rings. The topological polar surface area (TPSA) is 56.3 Å². The minimum Gasteiger partial charge on any atom is -0.396 e. The molecule has 0 saturated heterocycles. The van der Waals surface area contributed by atoms with E-state index in [0.29, 0.717) is 0 Å². The summed E-state index contributed by atoms with van der Waals surface area (Å²) in [6, 6.07) is 0.201. The van der Waals surface area contributed by atoms with Crippen molar-refractivity contribution in [2.75, 3.05) is 19.7 Å². The summed E-state index contributed by atoms with van der Waals surface area (Å²) in [6.45, 7) is 9.89. The van der Waals surface area contributed by atoms with Crippen LogP contribution in [0.3, 0.4) is 0 Å². The monoisotopic (exact) mass is 317 g/mol. The number of aliphatic hydroxyl groups is 1. The average Bonchev–Trinajstić information content (AvgIpc) is 2.65. The van der Waals surface area contributed by atoms with E-state index < -0.39 is 0 Å². The van der Waals surface area contributed by atoms with Crippen molar-refractivity contribution in [2.24, 2.45) is 0 Å². The first-order valence-electron chi connectivity index (χ1n) is 8.74. The van der Waals surface area contributed by atoms with Crippen LogP contribution in [0.15, 0.2) is 59.1 Å². The second kappa shape index (κ2) is 10.7. The Morgan fingerprint density at radius 1 is 1.26 bits per heavy atom.